The third-order valence-electron chi connectivity index (χ3n) is 3.95. The SMILES string of the molecule is O[B]Oc1ccc2c(-c3ccccc3)c(-c3ccccc3)oc2c1. The summed E-state index contributed by atoms with van der Waals surface area (Å²) in [7, 11) is 0.667. The molecule has 0 aliphatic heterocycles. The van der Waals surface area contributed by atoms with E-state index in [1.165, 1.54) is 0 Å². The lowest BCUT2D eigenvalue weighted by atomic mass is 9.98. The average Bonchev–Trinajstić information content (AvgIpc) is 3.02. The fourth-order valence-corrected chi connectivity index (χ4v) is 2.90. The molecule has 4 rings (SSSR count). The number of fused-ring (bicyclic) bond motifs is 1. The molecule has 1 N–H and O–H groups in total. The maximum atomic E-state index is 8.83. The summed E-state index contributed by atoms with van der Waals surface area (Å²) in [5, 5.41) is 9.83. The van der Waals surface area contributed by atoms with Crippen molar-refractivity contribution in [2.45, 2.75) is 0 Å². The van der Waals surface area contributed by atoms with Crippen LogP contribution in [0.5, 0.6) is 5.75 Å². The predicted octanol–water partition coefficient (Wildman–Crippen LogP) is 4.67. The molecule has 115 valence electrons. The normalized spacial score (nSPS) is 10.7. The number of furan rings is 1. The summed E-state index contributed by atoms with van der Waals surface area (Å²) in [6.07, 6.45) is 0. The van der Waals surface area contributed by atoms with Gasteiger partial charge in [0.15, 0.2) is 0 Å². The lowest BCUT2D eigenvalue weighted by Gasteiger charge is -2.04. The molecule has 0 unspecified atom stereocenters. The van der Waals surface area contributed by atoms with Crippen LogP contribution in [-0.4, -0.2) is 12.7 Å². The number of benzene rings is 3. The van der Waals surface area contributed by atoms with Gasteiger partial charge in [-0.2, -0.15) is 0 Å². The largest absolute Gasteiger partial charge is 0.569 e. The Bertz CT molecular complexity index is 962. The second-order valence-corrected chi connectivity index (χ2v) is 5.42. The molecule has 3 aromatic carbocycles. The molecule has 0 bridgehead atoms. The molecule has 0 saturated carbocycles. The first-order valence-corrected chi connectivity index (χ1v) is 7.67. The highest BCUT2D eigenvalue weighted by Gasteiger charge is 2.17. The quantitative estimate of drug-likeness (QED) is 0.557. The van der Waals surface area contributed by atoms with Crippen LogP contribution in [0.1, 0.15) is 0 Å². The number of hydrogen-bond donors (Lipinski definition) is 1. The minimum atomic E-state index is 0.526. The smallest absolute Gasteiger partial charge is 0.537 e. The van der Waals surface area contributed by atoms with Crippen molar-refractivity contribution >= 4 is 18.7 Å². The highest BCUT2D eigenvalue weighted by Crippen LogP contribution is 2.41. The molecular formula is C20H14BO3. The standard InChI is InChI=1S/C20H14BO3/c22-21-24-16-11-12-17-18(13-16)23-20(15-9-5-2-6-10-15)19(17)14-7-3-1-4-8-14/h1-13,22H. The molecule has 24 heavy (non-hydrogen) atoms. The van der Waals surface area contributed by atoms with E-state index < -0.39 is 0 Å². The lowest BCUT2D eigenvalue weighted by Crippen LogP contribution is -1.99. The molecule has 1 heterocycles. The Balaban J connectivity index is 1.99. The van der Waals surface area contributed by atoms with Gasteiger partial charge in [0.1, 0.15) is 17.1 Å². The van der Waals surface area contributed by atoms with E-state index in [4.69, 9.17) is 14.1 Å². The van der Waals surface area contributed by atoms with Crippen LogP contribution in [0.3, 0.4) is 0 Å². The van der Waals surface area contributed by atoms with Gasteiger partial charge in [-0.3, -0.25) is 0 Å². The molecule has 0 saturated heterocycles. The summed E-state index contributed by atoms with van der Waals surface area (Å²) in [5.41, 5.74) is 3.88. The Morgan fingerprint density at radius 2 is 1.46 bits per heavy atom. The fraction of sp³-hybridized carbons (Fsp3) is 0. The summed E-state index contributed by atoms with van der Waals surface area (Å²) in [6.45, 7) is 0. The van der Waals surface area contributed by atoms with E-state index in [-0.39, 0.29) is 0 Å². The van der Waals surface area contributed by atoms with Crippen LogP contribution in [0.4, 0.5) is 0 Å². The van der Waals surface area contributed by atoms with Gasteiger partial charge in [-0.15, -0.1) is 0 Å². The van der Waals surface area contributed by atoms with Crippen LogP contribution in [0, 0.1) is 0 Å². The van der Waals surface area contributed by atoms with Gasteiger partial charge >= 0.3 is 7.69 Å². The Morgan fingerprint density at radius 1 is 0.792 bits per heavy atom. The molecule has 0 spiro atoms. The van der Waals surface area contributed by atoms with E-state index in [2.05, 4.69) is 12.1 Å². The highest BCUT2D eigenvalue weighted by atomic mass is 16.5. The van der Waals surface area contributed by atoms with Crippen LogP contribution in [0.15, 0.2) is 83.3 Å². The first-order chi connectivity index (χ1) is 11.9. The van der Waals surface area contributed by atoms with Crippen molar-refractivity contribution in [1.29, 1.82) is 0 Å². The lowest BCUT2D eigenvalue weighted by molar-refractivity contribution is 0.453. The average molecular weight is 313 g/mol. The summed E-state index contributed by atoms with van der Waals surface area (Å²) >= 11 is 0. The predicted molar refractivity (Wildman–Crippen MR) is 95.7 cm³/mol. The summed E-state index contributed by atoms with van der Waals surface area (Å²) in [5.74, 6) is 1.35. The zero-order valence-electron chi connectivity index (χ0n) is 12.8. The highest BCUT2D eigenvalue weighted by molar-refractivity contribution is 6.17. The minimum absolute atomic E-state index is 0.526. The van der Waals surface area contributed by atoms with E-state index in [0.717, 1.165) is 27.8 Å². The fourth-order valence-electron chi connectivity index (χ4n) is 2.90. The Labute approximate surface area is 140 Å². The van der Waals surface area contributed by atoms with Gasteiger partial charge in [0.2, 0.25) is 0 Å². The summed E-state index contributed by atoms with van der Waals surface area (Å²) < 4.78 is 11.2. The van der Waals surface area contributed by atoms with Gasteiger partial charge in [-0.05, 0) is 17.7 Å². The molecule has 0 aliphatic rings. The van der Waals surface area contributed by atoms with E-state index in [0.29, 0.717) is 19.0 Å². The van der Waals surface area contributed by atoms with Crippen molar-refractivity contribution in [3.8, 4) is 28.2 Å². The maximum absolute atomic E-state index is 8.83. The van der Waals surface area contributed by atoms with Crippen molar-refractivity contribution < 1.29 is 14.1 Å². The van der Waals surface area contributed by atoms with Crippen molar-refractivity contribution in [1.82, 2.24) is 0 Å². The van der Waals surface area contributed by atoms with Crippen LogP contribution in [0.25, 0.3) is 33.4 Å². The van der Waals surface area contributed by atoms with E-state index in [1.807, 2.05) is 60.7 Å². The second-order valence-electron chi connectivity index (χ2n) is 5.42. The summed E-state index contributed by atoms with van der Waals surface area (Å²) in [6, 6.07) is 25.7. The number of rotatable bonds is 4. The zero-order valence-corrected chi connectivity index (χ0v) is 12.8. The molecule has 0 aliphatic carbocycles. The van der Waals surface area contributed by atoms with Crippen LogP contribution < -0.4 is 4.65 Å². The Kier molecular flexibility index (Phi) is 3.81. The van der Waals surface area contributed by atoms with Gasteiger partial charge in [0.05, 0.1) is 0 Å². The molecule has 1 aromatic heterocycles. The third-order valence-corrected chi connectivity index (χ3v) is 3.95. The molecule has 0 amide bonds. The van der Waals surface area contributed by atoms with E-state index >= 15 is 0 Å². The maximum Gasteiger partial charge on any atom is 0.569 e. The third kappa shape index (κ3) is 2.57. The van der Waals surface area contributed by atoms with E-state index in [1.54, 1.807) is 6.07 Å². The molecule has 0 atom stereocenters. The van der Waals surface area contributed by atoms with Gasteiger partial charge in [-0.25, -0.2) is 0 Å². The zero-order chi connectivity index (χ0) is 16.4. The first kappa shape index (κ1) is 14.6. The molecule has 1 radical (unpaired) electrons. The van der Waals surface area contributed by atoms with Crippen LogP contribution in [-0.2, 0) is 0 Å². The number of hydrogen-bond acceptors (Lipinski definition) is 3. The van der Waals surface area contributed by atoms with Crippen molar-refractivity contribution in [3.05, 3.63) is 78.9 Å². The van der Waals surface area contributed by atoms with Gasteiger partial charge in [0, 0.05) is 22.6 Å². The minimum Gasteiger partial charge on any atom is -0.537 e. The monoisotopic (exact) mass is 313 g/mol. The van der Waals surface area contributed by atoms with Crippen LogP contribution >= 0.6 is 0 Å². The van der Waals surface area contributed by atoms with Crippen molar-refractivity contribution in [3.63, 3.8) is 0 Å². The topological polar surface area (TPSA) is 42.6 Å². The van der Waals surface area contributed by atoms with Gasteiger partial charge in [-0.1, -0.05) is 60.7 Å². The molecule has 3 nitrogen and oxygen atoms in total. The van der Waals surface area contributed by atoms with Crippen molar-refractivity contribution in [2.24, 2.45) is 0 Å². The Hall–Kier alpha value is -2.98. The Morgan fingerprint density at radius 3 is 2.12 bits per heavy atom. The van der Waals surface area contributed by atoms with Crippen LogP contribution in [0.2, 0.25) is 0 Å². The van der Waals surface area contributed by atoms with E-state index in [9.17, 15) is 0 Å². The molecular weight excluding hydrogens is 299 g/mol. The molecule has 0 fully saturated rings. The molecule has 4 heteroatoms. The first-order valence-electron chi connectivity index (χ1n) is 7.67. The van der Waals surface area contributed by atoms with Crippen molar-refractivity contribution in [2.75, 3.05) is 0 Å². The van der Waals surface area contributed by atoms with Gasteiger partial charge in [0.25, 0.3) is 0 Å². The molecule has 4 aromatic rings. The second kappa shape index (κ2) is 6.26. The summed E-state index contributed by atoms with van der Waals surface area (Å²) in [4.78, 5) is 0. The van der Waals surface area contributed by atoms with Gasteiger partial charge < -0.3 is 14.1 Å².